The smallest absolute Gasteiger partial charge is 0.225 e. The zero-order chi connectivity index (χ0) is 12.0. The number of carbonyl (C=O) groups excluding carboxylic acids is 1. The monoisotopic (exact) mass is 232 g/mol. The van der Waals surface area contributed by atoms with Gasteiger partial charge in [-0.2, -0.15) is 0 Å². The van der Waals surface area contributed by atoms with Crippen molar-refractivity contribution in [3.05, 3.63) is 0 Å². The van der Waals surface area contributed by atoms with Gasteiger partial charge in [-0.3, -0.25) is 4.79 Å². The van der Waals surface area contributed by atoms with E-state index in [2.05, 4.69) is 0 Å². The van der Waals surface area contributed by atoms with Crippen LogP contribution in [0.3, 0.4) is 0 Å². The van der Waals surface area contributed by atoms with E-state index in [-0.39, 0.29) is 31.1 Å². The molecule has 1 fully saturated rings. The summed E-state index contributed by atoms with van der Waals surface area (Å²) in [7, 11) is 1.54. The van der Waals surface area contributed by atoms with E-state index in [0.29, 0.717) is 26.3 Å². The van der Waals surface area contributed by atoms with Crippen molar-refractivity contribution in [1.82, 2.24) is 4.90 Å². The maximum atomic E-state index is 11.9. The average Bonchev–Trinajstić information content (AvgIpc) is 2.35. The van der Waals surface area contributed by atoms with Gasteiger partial charge in [-0.05, 0) is 0 Å². The Morgan fingerprint density at radius 3 is 3.06 bits per heavy atom. The van der Waals surface area contributed by atoms with Gasteiger partial charge in [-0.1, -0.05) is 0 Å². The fourth-order valence-electron chi connectivity index (χ4n) is 1.71. The zero-order valence-electron chi connectivity index (χ0n) is 9.59. The van der Waals surface area contributed by atoms with Crippen molar-refractivity contribution in [3.63, 3.8) is 0 Å². The number of rotatable bonds is 5. The van der Waals surface area contributed by atoms with Crippen LogP contribution < -0.4 is 5.73 Å². The summed E-state index contributed by atoms with van der Waals surface area (Å²) in [6.07, 6.45) is -0.00145. The normalized spacial score (nSPS) is 23.2. The number of methoxy groups -OCH3 is 1. The molecule has 6 nitrogen and oxygen atoms in total. The molecule has 16 heavy (non-hydrogen) atoms. The number of hydrogen-bond acceptors (Lipinski definition) is 5. The Morgan fingerprint density at radius 1 is 1.75 bits per heavy atom. The number of nitrogens with zero attached hydrogens (tertiary/aromatic N) is 1. The second-order valence-corrected chi connectivity index (χ2v) is 3.80. The predicted molar refractivity (Wildman–Crippen MR) is 57.9 cm³/mol. The molecule has 94 valence electrons. The Kier molecular flexibility index (Phi) is 5.68. The first-order valence-electron chi connectivity index (χ1n) is 5.43. The molecule has 0 aromatic heterocycles. The van der Waals surface area contributed by atoms with Crippen LogP contribution in [-0.2, 0) is 14.3 Å². The van der Waals surface area contributed by atoms with E-state index >= 15 is 0 Å². The van der Waals surface area contributed by atoms with Crippen LogP contribution in [0.4, 0.5) is 0 Å². The molecule has 2 unspecified atom stereocenters. The zero-order valence-corrected chi connectivity index (χ0v) is 9.59. The number of morpholine rings is 1. The standard InChI is InChI=1S/C10H20N2O4/c1-15-9(5-11)4-10(14)12-2-3-16-7-8(12)6-13/h8-9,13H,2-7,11H2,1H3. The number of aliphatic hydroxyl groups is 1. The molecular formula is C10H20N2O4. The van der Waals surface area contributed by atoms with E-state index in [9.17, 15) is 4.79 Å². The number of aliphatic hydroxyl groups excluding tert-OH is 1. The molecule has 1 amide bonds. The molecule has 0 aromatic rings. The minimum Gasteiger partial charge on any atom is -0.394 e. The van der Waals surface area contributed by atoms with E-state index in [1.54, 1.807) is 4.90 Å². The highest BCUT2D eigenvalue weighted by molar-refractivity contribution is 5.77. The van der Waals surface area contributed by atoms with Crippen molar-refractivity contribution in [1.29, 1.82) is 0 Å². The van der Waals surface area contributed by atoms with Gasteiger partial charge in [0.1, 0.15) is 0 Å². The Morgan fingerprint density at radius 2 is 2.50 bits per heavy atom. The largest absolute Gasteiger partial charge is 0.394 e. The highest BCUT2D eigenvalue weighted by atomic mass is 16.5. The lowest BCUT2D eigenvalue weighted by molar-refractivity contribution is -0.144. The molecule has 0 aliphatic carbocycles. The number of hydrogen-bond donors (Lipinski definition) is 2. The van der Waals surface area contributed by atoms with Crippen molar-refractivity contribution in [2.45, 2.75) is 18.6 Å². The van der Waals surface area contributed by atoms with E-state index in [1.165, 1.54) is 7.11 Å². The van der Waals surface area contributed by atoms with Crippen molar-refractivity contribution in [2.75, 3.05) is 40.0 Å². The van der Waals surface area contributed by atoms with Crippen LogP contribution in [0.1, 0.15) is 6.42 Å². The van der Waals surface area contributed by atoms with Gasteiger partial charge in [0.05, 0.1) is 38.4 Å². The van der Waals surface area contributed by atoms with Crippen molar-refractivity contribution >= 4 is 5.91 Å². The van der Waals surface area contributed by atoms with Gasteiger partial charge in [-0.15, -0.1) is 0 Å². The molecule has 0 spiro atoms. The Balaban J connectivity index is 2.50. The lowest BCUT2D eigenvalue weighted by Crippen LogP contribution is -2.51. The highest BCUT2D eigenvalue weighted by Gasteiger charge is 2.27. The minimum absolute atomic E-state index is 0.0420. The third-order valence-electron chi connectivity index (χ3n) is 2.76. The summed E-state index contributed by atoms with van der Waals surface area (Å²) in [5.74, 6) is -0.0420. The van der Waals surface area contributed by atoms with Crippen LogP contribution in [0, 0.1) is 0 Å². The van der Waals surface area contributed by atoms with E-state index in [0.717, 1.165) is 0 Å². The van der Waals surface area contributed by atoms with Gasteiger partial charge in [0, 0.05) is 20.2 Å². The first kappa shape index (κ1) is 13.4. The first-order valence-corrected chi connectivity index (χ1v) is 5.43. The molecule has 1 saturated heterocycles. The Labute approximate surface area is 95.3 Å². The molecule has 3 N–H and O–H groups in total. The lowest BCUT2D eigenvalue weighted by atomic mass is 10.1. The van der Waals surface area contributed by atoms with E-state index in [4.69, 9.17) is 20.3 Å². The van der Waals surface area contributed by atoms with E-state index < -0.39 is 0 Å². The number of nitrogens with two attached hydrogens (primary N) is 1. The average molecular weight is 232 g/mol. The summed E-state index contributed by atoms with van der Waals surface area (Å²) >= 11 is 0. The fraction of sp³-hybridized carbons (Fsp3) is 0.900. The van der Waals surface area contributed by atoms with Crippen LogP contribution in [0.25, 0.3) is 0 Å². The molecule has 0 bridgehead atoms. The molecule has 0 radical (unpaired) electrons. The van der Waals surface area contributed by atoms with Gasteiger partial charge in [0.25, 0.3) is 0 Å². The van der Waals surface area contributed by atoms with E-state index in [1.807, 2.05) is 0 Å². The number of amides is 1. The summed E-state index contributed by atoms with van der Waals surface area (Å²) in [5, 5.41) is 9.13. The maximum Gasteiger partial charge on any atom is 0.225 e. The van der Waals surface area contributed by atoms with Gasteiger partial charge in [-0.25, -0.2) is 0 Å². The van der Waals surface area contributed by atoms with Crippen molar-refractivity contribution < 1.29 is 19.4 Å². The van der Waals surface area contributed by atoms with Gasteiger partial charge >= 0.3 is 0 Å². The second-order valence-electron chi connectivity index (χ2n) is 3.80. The minimum atomic E-state index is -0.255. The molecule has 2 atom stereocenters. The summed E-state index contributed by atoms with van der Waals surface area (Å²) in [5.41, 5.74) is 5.46. The molecule has 1 rings (SSSR count). The molecule has 1 aliphatic heterocycles. The molecule has 1 aliphatic rings. The molecule has 6 heteroatoms. The second kappa shape index (κ2) is 6.80. The quantitative estimate of drug-likeness (QED) is 0.607. The topological polar surface area (TPSA) is 85.0 Å². The maximum absolute atomic E-state index is 11.9. The van der Waals surface area contributed by atoms with Crippen LogP contribution in [0.5, 0.6) is 0 Å². The third-order valence-corrected chi connectivity index (χ3v) is 2.76. The Hall–Kier alpha value is -0.690. The summed E-state index contributed by atoms with van der Waals surface area (Å²) in [6, 6.07) is -0.239. The predicted octanol–water partition coefficient (Wildman–Crippen LogP) is -1.43. The molecule has 1 heterocycles. The Bertz CT molecular complexity index is 221. The van der Waals surface area contributed by atoms with Gasteiger partial charge in [0.15, 0.2) is 0 Å². The van der Waals surface area contributed by atoms with Gasteiger partial charge < -0.3 is 25.2 Å². The summed E-state index contributed by atoms with van der Waals surface area (Å²) in [4.78, 5) is 13.6. The number of ether oxygens (including phenoxy) is 2. The third kappa shape index (κ3) is 3.41. The van der Waals surface area contributed by atoms with Crippen molar-refractivity contribution in [3.8, 4) is 0 Å². The lowest BCUT2D eigenvalue weighted by Gasteiger charge is -2.35. The summed E-state index contributed by atoms with van der Waals surface area (Å²) < 4.78 is 10.3. The number of carbonyl (C=O) groups is 1. The highest BCUT2D eigenvalue weighted by Crippen LogP contribution is 2.10. The van der Waals surface area contributed by atoms with Crippen LogP contribution >= 0.6 is 0 Å². The SMILES string of the molecule is COC(CN)CC(=O)N1CCOCC1CO. The summed E-state index contributed by atoms with van der Waals surface area (Å²) in [6.45, 7) is 1.67. The first-order chi connectivity index (χ1) is 7.72. The molecule has 0 aromatic carbocycles. The van der Waals surface area contributed by atoms with Crippen LogP contribution in [-0.4, -0.2) is 68.1 Å². The molecular weight excluding hydrogens is 212 g/mol. The van der Waals surface area contributed by atoms with Gasteiger partial charge in [0.2, 0.25) is 5.91 Å². The van der Waals surface area contributed by atoms with Crippen LogP contribution in [0.15, 0.2) is 0 Å². The van der Waals surface area contributed by atoms with Crippen molar-refractivity contribution in [2.24, 2.45) is 5.73 Å². The molecule has 0 saturated carbocycles. The van der Waals surface area contributed by atoms with Crippen LogP contribution in [0.2, 0.25) is 0 Å². The fourth-order valence-corrected chi connectivity index (χ4v) is 1.71.